The van der Waals surface area contributed by atoms with Crippen LogP contribution in [0, 0.1) is 11.3 Å². The van der Waals surface area contributed by atoms with E-state index in [1.54, 1.807) is 30.6 Å². The maximum atomic E-state index is 12.3. The van der Waals surface area contributed by atoms with Crippen molar-refractivity contribution in [3.63, 3.8) is 0 Å². The molecule has 0 radical (unpaired) electrons. The van der Waals surface area contributed by atoms with E-state index in [9.17, 15) is 4.79 Å². The van der Waals surface area contributed by atoms with Gasteiger partial charge >= 0.3 is 0 Å². The summed E-state index contributed by atoms with van der Waals surface area (Å²) in [6.07, 6.45) is 2.55. The van der Waals surface area contributed by atoms with Crippen molar-refractivity contribution in [2.75, 3.05) is 17.7 Å². The van der Waals surface area contributed by atoms with Crippen molar-refractivity contribution in [3.05, 3.63) is 60.4 Å². The zero-order valence-corrected chi connectivity index (χ0v) is 16.1. The molecule has 3 aromatic rings. The normalized spacial score (nSPS) is 10.3. The zero-order chi connectivity index (χ0) is 19.8. The molecule has 0 saturated heterocycles. The van der Waals surface area contributed by atoms with Gasteiger partial charge in [0.25, 0.3) is 0 Å². The first-order chi connectivity index (χ1) is 13.7. The SMILES string of the molecule is CCc1ccccc1-n1cnnc1SCC(=O)Nc1cccc(OCC#N)c1. The lowest BCUT2D eigenvalue weighted by Crippen LogP contribution is -2.14. The third-order valence-corrected chi connectivity index (χ3v) is 4.85. The van der Waals surface area contributed by atoms with E-state index >= 15 is 0 Å². The summed E-state index contributed by atoms with van der Waals surface area (Å²) in [4.78, 5) is 12.3. The molecule has 0 saturated carbocycles. The number of carbonyl (C=O) groups excluding carboxylic acids is 1. The van der Waals surface area contributed by atoms with E-state index in [4.69, 9.17) is 10.00 Å². The quantitative estimate of drug-likeness (QED) is 0.589. The van der Waals surface area contributed by atoms with Crippen LogP contribution in [-0.2, 0) is 11.2 Å². The molecule has 142 valence electrons. The summed E-state index contributed by atoms with van der Waals surface area (Å²) in [7, 11) is 0. The molecule has 3 rings (SSSR count). The molecular weight excluding hydrogens is 374 g/mol. The van der Waals surface area contributed by atoms with Crippen molar-refractivity contribution in [2.24, 2.45) is 0 Å². The molecule has 0 spiro atoms. The molecule has 7 nitrogen and oxygen atoms in total. The lowest BCUT2D eigenvalue weighted by molar-refractivity contribution is -0.113. The van der Waals surface area contributed by atoms with Gasteiger partial charge in [-0.25, -0.2) is 0 Å². The predicted molar refractivity (Wildman–Crippen MR) is 108 cm³/mol. The first-order valence-corrected chi connectivity index (χ1v) is 9.70. The Labute approximate surface area is 167 Å². The lowest BCUT2D eigenvalue weighted by Gasteiger charge is -2.11. The first-order valence-electron chi connectivity index (χ1n) is 8.72. The Morgan fingerprint density at radius 2 is 2.14 bits per heavy atom. The van der Waals surface area contributed by atoms with Crippen LogP contribution in [-0.4, -0.2) is 33.0 Å². The number of hydrogen-bond donors (Lipinski definition) is 1. The molecule has 1 amide bonds. The number of para-hydroxylation sites is 1. The molecule has 8 heteroatoms. The Morgan fingerprint density at radius 1 is 1.29 bits per heavy atom. The molecule has 0 fully saturated rings. The van der Waals surface area contributed by atoms with Crippen LogP contribution >= 0.6 is 11.8 Å². The van der Waals surface area contributed by atoms with Crippen molar-refractivity contribution >= 4 is 23.4 Å². The summed E-state index contributed by atoms with van der Waals surface area (Å²) >= 11 is 1.32. The highest BCUT2D eigenvalue weighted by Gasteiger charge is 2.12. The van der Waals surface area contributed by atoms with Gasteiger partial charge in [-0.3, -0.25) is 9.36 Å². The smallest absolute Gasteiger partial charge is 0.234 e. The Kier molecular flexibility index (Phi) is 6.65. The summed E-state index contributed by atoms with van der Waals surface area (Å²) in [5.74, 6) is 0.555. The molecule has 1 aromatic heterocycles. The molecule has 0 aliphatic rings. The van der Waals surface area contributed by atoms with Crippen LogP contribution in [0.25, 0.3) is 5.69 Å². The number of nitrogens with one attached hydrogen (secondary N) is 1. The number of hydrogen-bond acceptors (Lipinski definition) is 6. The van der Waals surface area contributed by atoms with Gasteiger partial charge in [0.05, 0.1) is 11.4 Å². The average molecular weight is 393 g/mol. The summed E-state index contributed by atoms with van der Waals surface area (Å²) in [6.45, 7) is 2.06. The first kappa shape index (κ1) is 19.5. The predicted octanol–water partition coefficient (Wildman–Crippen LogP) is 3.46. The van der Waals surface area contributed by atoms with E-state index in [1.807, 2.05) is 28.8 Å². The number of aromatic nitrogens is 3. The van der Waals surface area contributed by atoms with Gasteiger partial charge in [0.2, 0.25) is 5.91 Å². The van der Waals surface area contributed by atoms with Crippen LogP contribution in [0.4, 0.5) is 5.69 Å². The number of amides is 1. The maximum absolute atomic E-state index is 12.3. The summed E-state index contributed by atoms with van der Waals surface area (Å²) in [5, 5.41) is 20.2. The average Bonchev–Trinajstić information content (AvgIpc) is 3.19. The van der Waals surface area contributed by atoms with Crippen molar-refractivity contribution in [3.8, 4) is 17.5 Å². The standard InChI is InChI=1S/C20H19N5O2S/c1-2-15-6-3-4-9-18(15)25-14-22-24-20(25)28-13-19(26)23-16-7-5-8-17(12-16)27-11-10-21/h3-9,12,14H,2,11,13H2,1H3,(H,23,26). The van der Waals surface area contributed by atoms with E-state index in [1.165, 1.54) is 17.3 Å². The van der Waals surface area contributed by atoms with E-state index in [0.717, 1.165) is 12.1 Å². The Morgan fingerprint density at radius 3 is 2.96 bits per heavy atom. The number of carbonyl (C=O) groups is 1. The van der Waals surface area contributed by atoms with Crippen molar-refractivity contribution in [2.45, 2.75) is 18.5 Å². The number of rotatable bonds is 8. The molecule has 0 aliphatic carbocycles. The zero-order valence-electron chi connectivity index (χ0n) is 15.3. The Balaban J connectivity index is 1.63. The summed E-state index contributed by atoms with van der Waals surface area (Å²) in [5.41, 5.74) is 2.81. The minimum absolute atomic E-state index is 0.0395. The maximum Gasteiger partial charge on any atom is 0.234 e. The molecule has 1 heterocycles. The van der Waals surface area contributed by atoms with Gasteiger partial charge in [0.1, 0.15) is 18.1 Å². The van der Waals surface area contributed by atoms with Gasteiger partial charge in [-0.2, -0.15) is 5.26 Å². The van der Waals surface area contributed by atoms with E-state index in [2.05, 4.69) is 28.5 Å². The van der Waals surface area contributed by atoms with Gasteiger partial charge in [0.15, 0.2) is 11.8 Å². The van der Waals surface area contributed by atoms with Crippen LogP contribution in [0.5, 0.6) is 5.75 Å². The second-order valence-corrected chi connectivity index (χ2v) is 6.72. The van der Waals surface area contributed by atoms with E-state index < -0.39 is 0 Å². The van der Waals surface area contributed by atoms with Gasteiger partial charge in [-0.15, -0.1) is 10.2 Å². The number of ether oxygens (including phenoxy) is 1. The minimum Gasteiger partial charge on any atom is -0.479 e. The van der Waals surface area contributed by atoms with E-state index in [0.29, 0.717) is 16.6 Å². The summed E-state index contributed by atoms with van der Waals surface area (Å²) < 4.78 is 7.14. The molecule has 1 N–H and O–H groups in total. The molecule has 28 heavy (non-hydrogen) atoms. The number of nitrogens with zero attached hydrogens (tertiary/aromatic N) is 4. The fourth-order valence-electron chi connectivity index (χ4n) is 2.64. The highest BCUT2D eigenvalue weighted by atomic mass is 32.2. The fourth-order valence-corrected chi connectivity index (χ4v) is 3.36. The molecule has 0 unspecified atom stereocenters. The van der Waals surface area contributed by atoms with Crippen molar-refractivity contribution in [1.29, 1.82) is 5.26 Å². The minimum atomic E-state index is -0.166. The van der Waals surface area contributed by atoms with E-state index in [-0.39, 0.29) is 18.3 Å². The summed E-state index contributed by atoms with van der Waals surface area (Å²) in [6, 6.07) is 16.9. The van der Waals surface area contributed by atoms with Crippen molar-refractivity contribution in [1.82, 2.24) is 14.8 Å². The van der Waals surface area contributed by atoms with Crippen LogP contribution in [0.2, 0.25) is 0 Å². The number of nitriles is 1. The topological polar surface area (TPSA) is 92.8 Å². The highest BCUT2D eigenvalue weighted by molar-refractivity contribution is 7.99. The molecular formula is C20H19N5O2S. The molecule has 0 bridgehead atoms. The highest BCUT2D eigenvalue weighted by Crippen LogP contribution is 2.23. The van der Waals surface area contributed by atoms with Gasteiger partial charge in [0, 0.05) is 11.8 Å². The van der Waals surface area contributed by atoms with Gasteiger partial charge < -0.3 is 10.1 Å². The van der Waals surface area contributed by atoms with Crippen LogP contribution in [0.15, 0.2) is 60.0 Å². The van der Waals surface area contributed by atoms with Crippen LogP contribution < -0.4 is 10.1 Å². The monoisotopic (exact) mass is 393 g/mol. The number of thioether (sulfide) groups is 1. The Hall–Kier alpha value is -3.31. The number of anilines is 1. The Bertz CT molecular complexity index is 996. The molecule has 0 aliphatic heterocycles. The van der Waals surface area contributed by atoms with Crippen molar-refractivity contribution < 1.29 is 9.53 Å². The number of benzene rings is 2. The van der Waals surface area contributed by atoms with Gasteiger partial charge in [-0.1, -0.05) is 43.0 Å². The van der Waals surface area contributed by atoms with Crippen LogP contribution in [0.3, 0.4) is 0 Å². The largest absolute Gasteiger partial charge is 0.479 e. The third-order valence-electron chi connectivity index (χ3n) is 3.90. The lowest BCUT2D eigenvalue weighted by atomic mass is 10.1. The second-order valence-electron chi connectivity index (χ2n) is 5.78. The fraction of sp³-hybridized carbons (Fsp3) is 0.200. The third kappa shape index (κ3) is 4.90. The molecule has 0 atom stereocenters. The number of aryl methyl sites for hydroxylation is 1. The molecule has 2 aromatic carbocycles. The van der Waals surface area contributed by atoms with Crippen LogP contribution in [0.1, 0.15) is 12.5 Å². The second kappa shape index (κ2) is 9.58. The van der Waals surface area contributed by atoms with Gasteiger partial charge in [-0.05, 0) is 30.2 Å².